The van der Waals surface area contributed by atoms with Gasteiger partial charge in [-0.05, 0) is 86.2 Å². The van der Waals surface area contributed by atoms with E-state index in [0.717, 1.165) is 28.1 Å². The van der Waals surface area contributed by atoms with Crippen LogP contribution in [0.4, 0.5) is 0 Å². The van der Waals surface area contributed by atoms with Crippen LogP contribution in [0.5, 0.6) is 0 Å². The molecule has 242 valence electrons. The highest BCUT2D eigenvalue weighted by molar-refractivity contribution is 7.89. The molecule has 1 amide bonds. The van der Waals surface area contributed by atoms with E-state index in [1.165, 1.54) is 11.8 Å². The third kappa shape index (κ3) is 5.93. The van der Waals surface area contributed by atoms with E-state index in [-0.39, 0.29) is 72.7 Å². The van der Waals surface area contributed by atoms with Crippen LogP contribution in [0.25, 0.3) is 12.2 Å². The highest BCUT2D eigenvalue weighted by Gasteiger charge is 2.75. The number of amides is 1. The first-order valence-corrected chi connectivity index (χ1v) is 16.3. The minimum Gasteiger partial charge on any atom is -0.495 e. The Morgan fingerprint density at radius 1 is 1.04 bits per heavy atom. The molecule has 0 radical (unpaired) electrons. The number of carbonyl (C=O) groups excluding carboxylic acids is 1. The van der Waals surface area contributed by atoms with Gasteiger partial charge in [0, 0.05) is 47.5 Å². The van der Waals surface area contributed by atoms with Crippen LogP contribution in [0.2, 0.25) is 0 Å². The number of hydrogen-bond acceptors (Lipinski definition) is 7. The number of thiol groups is 1. The van der Waals surface area contributed by atoms with E-state index in [1.807, 2.05) is 32.9 Å². The molecule has 2 unspecified atom stereocenters. The van der Waals surface area contributed by atoms with Gasteiger partial charge in [-0.3, -0.25) is 14.4 Å². The van der Waals surface area contributed by atoms with Crippen LogP contribution in [-0.4, -0.2) is 71.9 Å². The Hall–Kier alpha value is -3.90. The molecular formula is C33H43N4O7S+. The van der Waals surface area contributed by atoms with Crippen LogP contribution in [0.1, 0.15) is 69.0 Å². The summed E-state index contributed by atoms with van der Waals surface area (Å²) < 4.78 is -0.238. The summed E-state index contributed by atoms with van der Waals surface area (Å²) in [5, 5.41) is 49.9. The lowest BCUT2D eigenvalue weighted by Gasteiger charge is -2.23. The summed E-state index contributed by atoms with van der Waals surface area (Å²) in [5.74, 6) is -1.97. The fourth-order valence-corrected chi connectivity index (χ4v) is 8.72. The van der Waals surface area contributed by atoms with Gasteiger partial charge in [-0.15, -0.1) is 0 Å². The number of aliphatic carboxylic acids is 2. The summed E-state index contributed by atoms with van der Waals surface area (Å²) in [6.45, 7) is 11.5. The van der Waals surface area contributed by atoms with Crippen molar-refractivity contribution in [2.75, 3.05) is 6.61 Å². The fourth-order valence-electron chi connectivity index (χ4n) is 7.19. The molecule has 1 spiro atoms. The summed E-state index contributed by atoms with van der Waals surface area (Å²) in [7, 11) is 0. The van der Waals surface area contributed by atoms with Crippen LogP contribution in [0, 0.1) is 18.8 Å². The number of aliphatic hydroxyl groups excluding tert-OH is 2. The first kappa shape index (κ1) is 32.5. The maximum atomic E-state index is 12.6. The molecular weight excluding hydrogens is 596 g/mol. The van der Waals surface area contributed by atoms with Crippen LogP contribution >= 0.6 is 0 Å². The molecule has 0 saturated carbocycles. The smallest absolute Gasteiger partial charge is 0.303 e. The second kappa shape index (κ2) is 12.5. The lowest BCUT2D eigenvalue weighted by atomic mass is 9.89. The van der Waals surface area contributed by atoms with Gasteiger partial charge in [0.25, 0.3) is 0 Å². The Morgan fingerprint density at radius 3 is 2.29 bits per heavy atom. The van der Waals surface area contributed by atoms with Gasteiger partial charge in [0.15, 0.2) is 11.1 Å². The van der Waals surface area contributed by atoms with Gasteiger partial charge in [-0.25, -0.2) is 0 Å². The fraction of sp³-hybridized carbons (Fsp3) is 0.485. The number of H-pyrrole nitrogens is 1. The summed E-state index contributed by atoms with van der Waals surface area (Å²) in [4.78, 5) is 39.3. The number of carbonyl (C=O) groups is 3. The predicted octanol–water partition coefficient (Wildman–Crippen LogP) is 2.82. The zero-order chi connectivity index (χ0) is 32.8. The topological polar surface area (TPSA) is 184 Å². The molecule has 2 saturated heterocycles. The zero-order valence-electron chi connectivity index (χ0n) is 26.0. The molecule has 0 aliphatic carbocycles. The maximum absolute atomic E-state index is 12.6. The number of carboxylic acids is 2. The van der Waals surface area contributed by atoms with Crippen molar-refractivity contribution < 1.29 is 34.8 Å². The molecule has 6 atom stereocenters. The van der Waals surface area contributed by atoms with Crippen molar-refractivity contribution in [3.05, 3.63) is 69.2 Å². The molecule has 12 heteroatoms. The zero-order valence-corrected chi connectivity index (χ0v) is 26.9. The molecule has 0 aromatic carbocycles. The van der Waals surface area contributed by atoms with Crippen molar-refractivity contribution in [2.45, 2.75) is 81.9 Å². The average Bonchev–Trinajstić information content (AvgIpc) is 3.13. The van der Waals surface area contributed by atoms with Crippen molar-refractivity contribution in [3.8, 4) is 0 Å². The van der Waals surface area contributed by atoms with Gasteiger partial charge in [0.2, 0.25) is 10.7 Å². The number of hydrogen-bond donors (Lipinski definition) is 8. The normalized spacial score (nSPS) is 30.8. The minimum atomic E-state index is -0.958. The predicted molar refractivity (Wildman–Crippen MR) is 174 cm³/mol. The van der Waals surface area contributed by atoms with Gasteiger partial charge in [-0.1, -0.05) is 19.6 Å². The number of aliphatic hydroxyl groups is 2. The minimum absolute atomic E-state index is 0.00325. The van der Waals surface area contributed by atoms with Crippen LogP contribution < -0.4 is 16.0 Å². The Kier molecular flexibility index (Phi) is 9.01. The SMILES string of the molecule is C=CC1=C(O)N[C@H](CC2N/C(=C\c3[nH]c(/C=C4\NC(=O)[C@H](C)[C@]45[SH+][C@H]5C)c(C)c3CCC(=O)O)C(CCC(=O)O)=C2CO)C1C. The number of rotatable bonds is 12. The Morgan fingerprint density at radius 2 is 1.71 bits per heavy atom. The Labute approximate surface area is 266 Å². The van der Waals surface area contributed by atoms with Crippen molar-refractivity contribution in [3.63, 3.8) is 0 Å². The van der Waals surface area contributed by atoms with Crippen molar-refractivity contribution >= 4 is 41.8 Å². The molecule has 5 heterocycles. The third-order valence-electron chi connectivity index (χ3n) is 9.96. The second-order valence-corrected chi connectivity index (χ2v) is 14.2. The Bertz CT molecular complexity index is 1570. The van der Waals surface area contributed by atoms with Gasteiger partial charge in [0.05, 0.1) is 24.3 Å². The molecule has 4 aliphatic rings. The van der Waals surface area contributed by atoms with Crippen LogP contribution in [0.3, 0.4) is 0 Å². The lowest BCUT2D eigenvalue weighted by molar-refractivity contribution is -0.138. The highest BCUT2D eigenvalue weighted by atomic mass is 32.2. The van der Waals surface area contributed by atoms with E-state index in [1.54, 1.807) is 6.08 Å². The molecule has 1 aromatic heterocycles. The largest absolute Gasteiger partial charge is 0.495 e. The number of aromatic nitrogens is 1. The first-order chi connectivity index (χ1) is 21.3. The van der Waals surface area contributed by atoms with Crippen molar-refractivity contribution in [1.29, 1.82) is 0 Å². The molecule has 8 N–H and O–H groups in total. The van der Waals surface area contributed by atoms with Gasteiger partial charge in [-0.2, -0.15) is 0 Å². The summed E-state index contributed by atoms with van der Waals surface area (Å²) >= 11 is 1.20. The van der Waals surface area contributed by atoms with Gasteiger partial charge < -0.3 is 41.4 Å². The van der Waals surface area contributed by atoms with E-state index in [0.29, 0.717) is 34.2 Å². The molecule has 5 rings (SSSR count). The number of allylic oxidation sites excluding steroid dienone is 2. The monoisotopic (exact) mass is 639 g/mol. The highest BCUT2D eigenvalue weighted by Crippen LogP contribution is 2.52. The summed E-state index contributed by atoms with van der Waals surface area (Å²) in [6.07, 6.45) is 6.24. The molecule has 11 nitrogen and oxygen atoms in total. The molecule has 1 aromatic rings. The lowest BCUT2D eigenvalue weighted by Crippen LogP contribution is -2.37. The van der Waals surface area contributed by atoms with E-state index in [4.69, 9.17) is 0 Å². The number of carboxylic acid groups (broad SMARTS) is 2. The van der Waals surface area contributed by atoms with Crippen molar-refractivity contribution in [1.82, 2.24) is 20.9 Å². The first-order valence-electron chi connectivity index (χ1n) is 15.4. The van der Waals surface area contributed by atoms with Crippen molar-refractivity contribution in [2.24, 2.45) is 11.8 Å². The molecule has 45 heavy (non-hydrogen) atoms. The van der Waals surface area contributed by atoms with Crippen LogP contribution in [0.15, 0.2) is 46.7 Å². The van der Waals surface area contributed by atoms with E-state index in [2.05, 4.69) is 34.4 Å². The summed E-state index contributed by atoms with van der Waals surface area (Å²) in [5.41, 5.74) is 6.77. The third-order valence-corrected chi connectivity index (χ3v) is 11.9. The standard InChI is InChI=1S/C33H42N4O7S/c1-6-19-15(2)23(36-32(19)44)11-27-22(14-38)21(8-10-30(41)42)26(35-27)12-25-20(7-9-29(39)40)16(3)24(34-25)13-28-33(18(5)45-33)17(4)31(43)37-28/h6,12-13,15,17-18,23,27,34-36,38,44H,1,7-11,14H2,2-5H3,(H,37,43)(H,39,40)(H,41,42)/p+1/b26-12-,28-13-/t15?,17-,18-,23+,27?,33+/m0/s1. The summed E-state index contributed by atoms with van der Waals surface area (Å²) in [6, 6.07) is -0.470. The van der Waals surface area contributed by atoms with E-state index in [9.17, 15) is 34.8 Å². The number of aromatic amines is 1. The number of nitrogens with one attached hydrogen (secondary N) is 4. The molecule has 2 fully saturated rings. The molecule has 0 bridgehead atoms. The van der Waals surface area contributed by atoms with Crippen LogP contribution in [-0.2, 0) is 32.6 Å². The maximum Gasteiger partial charge on any atom is 0.303 e. The van der Waals surface area contributed by atoms with E-state index >= 15 is 0 Å². The molecule has 4 aliphatic heterocycles. The average molecular weight is 640 g/mol. The second-order valence-electron chi connectivity index (χ2n) is 12.4. The Balaban J connectivity index is 1.53. The van der Waals surface area contributed by atoms with E-state index < -0.39 is 11.9 Å². The quantitative estimate of drug-likeness (QED) is 0.0968. The van der Waals surface area contributed by atoms with Gasteiger partial charge in [0.1, 0.15) is 0 Å². The van der Waals surface area contributed by atoms with Gasteiger partial charge >= 0.3 is 11.9 Å².